The van der Waals surface area contributed by atoms with Crippen LogP contribution in [-0.4, -0.2) is 18.3 Å². The fraction of sp³-hybridized carbons (Fsp3) is 0.500. The lowest BCUT2D eigenvalue weighted by molar-refractivity contribution is 0.00578. The van der Waals surface area contributed by atoms with Crippen LogP contribution in [0.15, 0.2) is 42.5 Å². The number of benzene rings is 2. The summed E-state index contributed by atoms with van der Waals surface area (Å²) in [6.45, 7) is 17.8. The van der Waals surface area contributed by atoms with Crippen molar-refractivity contribution in [3.63, 3.8) is 0 Å². The zero-order chi connectivity index (χ0) is 19.8. The highest BCUT2D eigenvalue weighted by atomic mass is 16.7. The average Bonchev–Trinajstić information content (AvgIpc) is 2.81. The molecule has 1 heterocycles. The Hall–Kier alpha value is -1.58. The van der Waals surface area contributed by atoms with Crippen molar-refractivity contribution in [3.05, 3.63) is 53.6 Å². The molecule has 3 heteroatoms. The first-order valence-electron chi connectivity index (χ1n) is 9.98. The van der Waals surface area contributed by atoms with Crippen LogP contribution in [0.3, 0.4) is 0 Å². The molecule has 1 fully saturated rings. The molecule has 142 valence electrons. The molecule has 2 aliphatic rings. The Morgan fingerprint density at radius 3 is 1.74 bits per heavy atom. The molecule has 0 atom stereocenters. The van der Waals surface area contributed by atoms with Gasteiger partial charge in [0.25, 0.3) is 0 Å². The Kier molecular flexibility index (Phi) is 3.81. The molecule has 0 amide bonds. The third-order valence-electron chi connectivity index (χ3n) is 7.70. The van der Waals surface area contributed by atoms with Crippen LogP contribution in [-0.2, 0) is 20.1 Å². The van der Waals surface area contributed by atoms with Gasteiger partial charge in [-0.2, -0.15) is 0 Å². The summed E-state index contributed by atoms with van der Waals surface area (Å²) in [7, 11) is -0.328. The number of fused-ring (bicyclic) bond motifs is 3. The summed E-state index contributed by atoms with van der Waals surface area (Å²) in [5.41, 5.74) is 5.97. The van der Waals surface area contributed by atoms with E-state index in [0.717, 1.165) is 5.46 Å². The molecule has 2 nitrogen and oxygen atoms in total. The molecular weight excluding hydrogens is 331 g/mol. The Morgan fingerprint density at radius 1 is 0.630 bits per heavy atom. The monoisotopic (exact) mass is 362 g/mol. The zero-order valence-electron chi connectivity index (χ0n) is 17.9. The van der Waals surface area contributed by atoms with Gasteiger partial charge in [-0.1, -0.05) is 70.2 Å². The van der Waals surface area contributed by atoms with Gasteiger partial charge in [0.2, 0.25) is 0 Å². The van der Waals surface area contributed by atoms with E-state index in [1.807, 2.05) is 0 Å². The topological polar surface area (TPSA) is 18.5 Å². The van der Waals surface area contributed by atoms with E-state index in [-0.39, 0.29) is 29.2 Å². The van der Waals surface area contributed by atoms with Crippen LogP contribution in [0.1, 0.15) is 66.5 Å². The Morgan fingerprint density at radius 2 is 1.15 bits per heavy atom. The summed E-state index contributed by atoms with van der Waals surface area (Å²) in [5.74, 6) is 0. The lowest BCUT2D eigenvalue weighted by Crippen LogP contribution is -2.44. The molecule has 0 spiro atoms. The van der Waals surface area contributed by atoms with Crippen LogP contribution in [0, 0.1) is 0 Å². The molecule has 2 aromatic rings. The number of rotatable bonds is 1. The quantitative estimate of drug-likeness (QED) is 0.648. The second-order valence-corrected chi connectivity index (χ2v) is 10.2. The van der Waals surface area contributed by atoms with Crippen molar-refractivity contribution in [2.75, 3.05) is 0 Å². The van der Waals surface area contributed by atoms with Gasteiger partial charge in [-0.3, -0.25) is 0 Å². The van der Waals surface area contributed by atoms with Gasteiger partial charge in [-0.05, 0) is 66.2 Å². The lowest BCUT2D eigenvalue weighted by Gasteiger charge is -2.48. The Balaban J connectivity index is 1.86. The molecule has 0 saturated carbocycles. The van der Waals surface area contributed by atoms with E-state index in [1.165, 1.54) is 22.3 Å². The van der Waals surface area contributed by atoms with E-state index >= 15 is 0 Å². The highest BCUT2D eigenvalue weighted by molar-refractivity contribution is 6.62. The smallest absolute Gasteiger partial charge is 0.399 e. The number of hydrogen-bond donors (Lipinski definition) is 0. The lowest BCUT2D eigenvalue weighted by atomic mass is 9.55. The predicted molar refractivity (Wildman–Crippen MR) is 114 cm³/mol. The first-order valence-corrected chi connectivity index (χ1v) is 9.98. The second-order valence-electron chi connectivity index (χ2n) is 10.2. The standard InChI is InChI=1S/C24H31BO2/c1-21(2)19-12-10-9-11-17(19)18-15-16(13-14-20(18)22(21,3)4)25-26-23(5,6)24(7,8)27-25/h9-15H,1-8H3. The van der Waals surface area contributed by atoms with Crippen molar-refractivity contribution in [1.29, 1.82) is 0 Å². The first kappa shape index (κ1) is 18.8. The molecular formula is C24H31BO2. The molecule has 0 unspecified atom stereocenters. The van der Waals surface area contributed by atoms with Crippen molar-refractivity contribution >= 4 is 12.6 Å². The summed E-state index contributed by atoms with van der Waals surface area (Å²) < 4.78 is 12.6. The molecule has 0 aromatic heterocycles. The summed E-state index contributed by atoms with van der Waals surface area (Å²) in [6, 6.07) is 15.6. The molecule has 1 aliphatic heterocycles. The fourth-order valence-electron chi connectivity index (χ4n) is 4.39. The van der Waals surface area contributed by atoms with Gasteiger partial charge in [-0.25, -0.2) is 0 Å². The SMILES string of the molecule is CC1(C)OB(c2ccc3c(c2)-c2ccccc2C(C)(C)C3(C)C)OC1(C)C. The normalized spacial score (nSPS) is 23.6. The van der Waals surface area contributed by atoms with Crippen molar-refractivity contribution in [1.82, 2.24) is 0 Å². The second kappa shape index (κ2) is 5.49. The molecule has 0 N–H and O–H groups in total. The van der Waals surface area contributed by atoms with E-state index in [1.54, 1.807) is 0 Å². The summed E-state index contributed by atoms with van der Waals surface area (Å²) in [6.07, 6.45) is 0. The van der Waals surface area contributed by atoms with Crippen molar-refractivity contribution in [2.24, 2.45) is 0 Å². The minimum absolute atomic E-state index is 0.0329. The maximum atomic E-state index is 6.30. The summed E-state index contributed by atoms with van der Waals surface area (Å²) in [4.78, 5) is 0. The minimum Gasteiger partial charge on any atom is -0.399 e. The summed E-state index contributed by atoms with van der Waals surface area (Å²) in [5, 5.41) is 0. The van der Waals surface area contributed by atoms with Crippen LogP contribution in [0.2, 0.25) is 0 Å². The molecule has 2 aromatic carbocycles. The molecule has 0 radical (unpaired) electrons. The minimum atomic E-state index is -0.328. The molecule has 1 saturated heterocycles. The van der Waals surface area contributed by atoms with Crippen molar-refractivity contribution < 1.29 is 9.31 Å². The van der Waals surface area contributed by atoms with Gasteiger partial charge < -0.3 is 9.31 Å². The van der Waals surface area contributed by atoms with Gasteiger partial charge in [0, 0.05) is 0 Å². The molecule has 4 rings (SSSR count). The van der Waals surface area contributed by atoms with Gasteiger partial charge in [0.15, 0.2) is 0 Å². The molecule has 0 bridgehead atoms. The van der Waals surface area contributed by atoms with Crippen molar-refractivity contribution in [2.45, 2.75) is 77.4 Å². The highest BCUT2D eigenvalue weighted by Gasteiger charge is 2.52. The molecule has 27 heavy (non-hydrogen) atoms. The van der Waals surface area contributed by atoms with Crippen LogP contribution in [0.5, 0.6) is 0 Å². The van der Waals surface area contributed by atoms with E-state index in [9.17, 15) is 0 Å². The van der Waals surface area contributed by atoms with Gasteiger partial charge >= 0.3 is 7.12 Å². The molecule has 1 aliphatic carbocycles. The Labute approximate surface area is 164 Å². The van der Waals surface area contributed by atoms with Crippen LogP contribution in [0.25, 0.3) is 11.1 Å². The maximum absolute atomic E-state index is 6.30. The van der Waals surface area contributed by atoms with Crippen LogP contribution < -0.4 is 5.46 Å². The van der Waals surface area contributed by atoms with E-state index in [4.69, 9.17) is 9.31 Å². The van der Waals surface area contributed by atoms with Crippen molar-refractivity contribution in [3.8, 4) is 11.1 Å². The fourth-order valence-corrected chi connectivity index (χ4v) is 4.39. The predicted octanol–water partition coefficient (Wildman–Crippen LogP) is 5.22. The van der Waals surface area contributed by atoms with Gasteiger partial charge in [-0.15, -0.1) is 0 Å². The van der Waals surface area contributed by atoms with Gasteiger partial charge in [0.1, 0.15) is 0 Å². The Bertz CT molecular complexity index is 892. The average molecular weight is 362 g/mol. The summed E-state index contributed by atoms with van der Waals surface area (Å²) >= 11 is 0. The van der Waals surface area contributed by atoms with Crippen LogP contribution >= 0.6 is 0 Å². The third-order valence-corrected chi connectivity index (χ3v) is 7.70. The van der Waals surface area contributed by atoms with E-state index < -0.39 is 0 Å². The van der Waals surface area contributed by atoms with Gasteiger partial charge in [0.05, 0.1) is 11.2 Å². The van der Waals surface area contributed by atoms with E-state index in [0.29, 0.717) is 0 Å². The van der Waals surface area contributed by atoms with Crippen LogP contribution in [0.4, 0.5) is 0 Å². The maximum Gasteiger partial charge on any atom is 0.494 e. The first-order chi connectivity index (χ1) is 12.4. The zero-order valence-corrected chi connectivity index (χ0v) is 17.9. The largest absolute Gasteiger partial charge is 0.494 e. The van der Waals surface area contributed by atoms with E-state index in [2.05, 4.69) is 97.9 Å². The third kappa shape index (κ3) is 2.48. The highest BCUT2D eigenvalue weighted by Crippen LogP contribution is 2.53. The number of hydrogen-bond acceptors (Lipinski definition) is 2.